The fraction of sp³-hybridized carbons (Fsp3) is 0.286. The number of hydrogen-bond acceptors (Lipinski definition) is 5. The zero-order valence-electron chi connectivity index (χ0n) is 11.8. The lowest BCUT2D eigenvalue weighted by molar-refractivity contribution is 0.0480. The van der Waals surface area contributed by atoms with Gasteiger partial charge in [0.25, 0.3) is 0 Å². The van der Waals surface area contributed by atoms with Crippen LogP contribution in [0.25, 0.3) is 11.3 Å². The molecule has 0 bridgehead atoms. The number of carbonyl (C=O) groups is 1. The van der Waals surface area contributed by atoms with E-state index in [2.05, 4.69) is 14.6 Å². The van der Waals surface area contributed by atoms with Gasteiger partial charge in [0, 0.05) is 11.6 Å². The highest BCUT2D eigenvalue weighted by molar-refractivity contribution is 7.10. The summed E-state index contributed by atoms with van der Waals surface area (Å²) in [6.07, 6.45) is 0. The van der Waals surface area contributed by atoms with Gasteiger partial charge in [0.2, 0.25) is 5.76 Å². The average Bonchev–Trinajstić information content (AvgIpc) is 3.00. The minimum Gasteiger partial charge on any atom is -0.480 e. The van der Waals surface area contributed by atoms with Crippen LogP contribution in [0, 0.1) is 0 Å². The molecule has 1 atom stereocenters. The van der Waals surface area contributed by atoms with Gasteiger partial charge < -0.3 is 13.8 Å². The summed E-state index contributed by atoms with van der Waals surface area (Å²) in [4.78, 5) is 11.4. The van der Waals surface area contributed by atoms with Crippen LogP contribution in [0.3, 0.4) is 0 Å². The predicted molar refractivity (Wildman–Crippen MR) is 79.6 cm³/mol. The molecular weight excluding hydrogens is 277 g/mol. The minimum atomic E-state index is -0.513. The Bertz CT molecular complexity index is 536. The first-order valence-corrected chi connectivity index (χ1v) is 6.82. The van der Waals surface area contributed by atoms with E-state index in [0.29, 0.717) is 12.3 Å². The Morgan fingerprint density at radius 1 is 1.30 bits per heavy atom. The van der Waals surface area contributed by atoms with Crippen molar-refractivity contribution in [2.24, 2.45) is 0 Å². The Morgan fingerprint density at radius 3 is 2.50 bits per heavy atom. The second kappa shape index (κ2) is 8.33. The number of carbonyl (C=O) groups excluding carboxylic acids is 1. The van der Waals surface area contributed by atoms with Crippen LogP contribution < -0.4 is 4.52 Å². The largest absolute Gasteiger partial charge is 0.480 e. The van der Waals surface area contributed by atoms with Crippen LogP contribution in [-0.4, -0.2) is 17.7 Å². The van der Waals surface area contributed by atoms with E-state index in [1.54, 1.807) is 25.1 Å². The van der Waals surface area contributed by atoms with Gasteiger partial charge in [0.15, 0.2) is 0 Å². The van der Waals surface area contributed by atoms with Crippen molar-refractivity contribution in [3.63, 3.8) is 0 Å². The van der Waals surface area contributed by atoms with E-state index >= 15 is 0 Å². The van der Waals surface area contributed by atoms with Crippen molar-refractivity contribution in [1.29, 1.82) is 0 Å². The summed E-state index contributed by atoms with van der Waals surface area (Å²) < 4.78 is 14.7. The third-order valence-electron chi connectivity index (χ3n) is 2.27. The molecule has 2 rings (SSSR count). The highest BCUT2D eigenvalue weighted by atomic mass is 31.0. The molecule has 0 fully saturated rings. The lowest BCUT2D eigenvalue weighted by atomic mass is 10.1. The lowest BCUT2D eigenvalue weighted by Crippen LogP contribution is -2.02. The average molecular weight is 295 g/mol. The first-order valence-electron chi connectivity index (χ1n) is 6.35. The summed E-state index contributed by atoms with van der Waals surface area (Å²) in [6, 6.07) is 8.79. The van der Waals surface area contributed by atoms with Gasteiger partial charge in [0.05, 0.1) is 16.1 Å². The Labute approximate surface area is 120 Å². The zero-order valence-corrected chi connectivity index (χ0v) is 12.9. The molecular formula is C14H18NO4P. The number of rotatable bonds is 4. The molecule has 0 saturated heterocycles. The Balaban J connectivity index is 0.000000956. The van der Waals surface area contributed by atoms with Crippen molar-refractivity contribution in [3.8, 4) is 17.0 Å². The predicted octanol–water partition coefficient (Wildman–Crippen LogP) is 3.71. The van der Waals surface area contributed by atoms with Gasteiger partial charge in [-0.2, -0.15) is 0 Å². The zero-order chi connectivity index (χ0) is 15.0. The molecule has 0 spiro atoms. The van der Waals surface area contributed by atoms with Crippen molar-refractivity contribution in [3.05, 3.63) is 36.1 Å². The van der Waals surface area contributed by atoms with Gasteiger partial charge in [-0.1, -0.05) is 19.0 Å². The smallest absolute Gasteiger partial charge is 0.377 e. The van der Waals surface area contributed by atoms with Gasteiger partial charge >= 0.3 is 5.97 Å². The van der Waals surface area contributed by atoms with Crippen molar-refractivity contribution in [1.82, 2.24) is 5.16 Å². The fourth-order valence-corrected chi connectivity index (χ4v) is 1.57. The first kappa shape index (κ1) is 16.2. The molecule has 0 aliphatic rings. The van der Waals surface area contributed by atoms with Crippen LogP contribution in [-0.2, 0) is 4.74 Å². The Hall–Kier alpha value is -1.87. The Morgan fingerprint density at radius 2 is 1.95 bits per heavy atom. The third kappa shape index (κ3) is 4.07. The van der Waals surface area contributed by atoms with E-state index in [9.17, 15) is 4.79 Å². The molecule has 5 nitrogen and oxygen atoms in total. The van der Waals surface area contributed by atoms with E-state index in [4.69, 9.17) is 13.8 Å². The van der Waals surface area contributed by atoms with Gasteiger partial charge in [-0.15, -0.1) is 0 Å². The van der Waals surface area contributed by atoms with Crippen LogP contribution in [0.4, 0.5) is 0 Å². The van der Waals surface area contributed by atoms with Gasteiger partial charge in [-0.05, 0) is 31.2 Å². The molecule has 1 heterocycles. The van der Waals surface area contributed by atoms with E-state index in [0.717, 1.165) is 11.3 Å². The maximum Gasteiger partial charge on any atom is 0.377 e. The maximum atomic E-state index is 11.4. The molecule has 0 aliphatic heterocycles. The minimum absolute atomic E-state index is 0.0956. The van der Waals surface area contributed by atoms with Crippen molar-refractivity contribution >= 4 is 15.4 Å². The molecule has 6 heteroatoms. The molecule has 108 valence electrons. The first-order chi connectivity index (χ1) is 9.74. The number of hydrogen-bond donors (Lipinski definition) is 0. The molecule has 0 saturated carbocycles. The number of aromatic nitrogens is 1. The molecule has 20 heavy (non-hydrogen) atoms. The highest BCUT2D eigenvalue weighted by Crippen LogP contribution is 2.23. The topological polar surface area (TPSA) is 61.6 Å². The Kier molecular flexibility index (Phi) is 6.74. The summed E-state index contributed by atoms with van der Waals surface area (Å²) in [5, 5.41) is 3.82. The summed E-state index contributed by atoms with van der Waals surface area (Å²) in [5.41, 5.74) is 1.41. The van der Waals surface area contributed by atoms with E-state index in [1.165, 1.54) is 0 Å². The summed E-state index contributed by atoms with van der Waals surface area (Å²) in [5.74, 6) is 0.303. The molecule has 0 aliphatic carbocycles. The highest BCUT2D eigenvalue weighted by Gasteiger charge is 2.14. The van der Waals surface area contributed by atoms with Crippen LogP contribution in [0.2, 0.25) is 0 Å². The monoisotopic (exact) mass is 295 g/mol. The van der Waals surface area contributed by atoms with E-state index < -0.39 is 5.97 Å². The lowest BCUT2D eigenvalue weighted by Gasteiger charge is -1.99. The standard InChI is InChI=1S/C12H12NO4P.C2H6/c1-2-15-12(14)11-7-10(13-16-11)8-3-5-9(17-18)6-4-8;1-2/h3-7H,2,18H2,1H3;1-2H3. The molecule has 0 N–H and O–H groups in total. The summed E-state index contributed by atoms with van der Waals surface area (Å²) >= 11 is 0. The molecule has 2 aromatic rings. The van der Waals surface area contributed by atoms with Crippen molar-refractivity contribution < 1.29 is 18.6 Å². The summed E-state index contributed by atoms with van der Waals surface area (Å²) in [7, 11) is 2.17. The van der Waals surface area contributed by atoms with Crippen molar-refractivity contribution in [2.75, 3.05) is 6.61 Å². The quantitative estimate of drug-likeness (QED) is 0.635. The molecule has 1 aromatic carbocycles. The maximum absolute atomic E-state index is 11.4. The summed E-state index contributed by atoms with van der Waals surface area (Å²) in [6.45, 7) is 6.03. The van der Waals surface area contributed by atoms with Crippen molar-refractivity contribution in [2.45, 2.75) is 20.8 Å². The van der Waals surface area contributed by atoms with Crippen LogP contribution in [0.15, 0.2) is 34.9 Å². The number of nitrogens with zero attached hydrogens (tertiary/aromatic N) is 1. The van der Waals surface area contributed by atoms with E-state index in [-0.39, 0.29) is 5.76 Å². The van der Waals surface area contributed by atoms with Crippen LogP contribution in [0.5, 0.6) is 5.75 Å². The van der Waals surface area contributed by atoms with Gasteiger partial charge in [-0.3, -0.25) is 0 Å². The van der Waals surface area contributed by atoms with Gasteiger partial charge in [0.1, 0.15) is 11.4 Å². The molecule has 0 radical (unpaired) electrons. The number of ether oxygens (including phenoxy) is 1. The fourth-order valence-electron chi connectivity index (χ4n) is 1.41. The molecule has 1 unspecified atom stereocenters. The van der Waals surface area contributed by atoms with E-state index in [1.807, 2.05) is 26.0 Å². The SMILES string of the molecule is CC.CCOC(=O)c1cc(-c2ccc(OP)cc2)no1. The molecule has 0 amide bonds. The second-order valence-electron chi connectivity index (χ2n) is 3.44. The van der Waals surface area contributed by atoms with Crippen LogP contribution >= 0.6 is 9.47 Å². The number of esters is 1. The normalized spacial score (nSPS) is 9.40. The third-order valence-corrected chi connectivity index (χ3v) is 2.55. The van der Waals surface area contributed by atoms with Gasteiger partial charge in [-0.25, -0.2) is 4.79 Å². The van der Waals surface area contributed by atoms with Crippen LogP contribution in [0.1, 0.15) is 31.3 Å². The second-order valence-corrected chi connectivity index (χ2v) is 3.67. The number of benzene rings is 1. The molecule has 1 aromatic heterocycles.